The van der Waals surface area contributed by atoms with Crippen LogP contribution in [0.4, 0.5) is 11.4 Å². The predicted octanol–water partition coefficient (Wildman–Crippen LogP) is 3.08. The van der Waals surface area contributed by atoms with E-state index in [1.807, 2.05) is 27.7 Å². The van der Waals surface area contributed by atoms with Crippen molar-refractivity contribution >= 4 is 35.3 Å². The highest BCUT2D eigenvalue weighted by molar-refractivity contribution is 5.83. The van der Waals surface area contributed by atoms with Gasteiger partial charge in [0, 0.05) is 26.4 Å². The van der Waals surface area contributed by atoms with Crippen molar-refractivity contribution in [2.45, 2.75) is 27.7 Å². The topological polar surface area (TPSA) is 167 Å². The van der Waals surface area contributed by atoms with E-state index >= 15 is 0 Å². The van der Waals surface area contributed by atoms with Crippen molar-refractivity contribution < 1.29 is 66.5 Å². The Morgan fingerprint density at radius 1 is 0.407 bits per heavy atom. The van der Waals surface area contributed by atoms with Crippen LogP contribution in [0.3, 0.4) is 0 Å². The van der Waals surface area contributed by atoms with Gasteiger partial charge in [-0.15, -0.1) is 0 Å². The number of carbonyl (C=O) groups excluding carboxylic acids is 4. The molecule has 0 N–H and O–H groups in total. The lowest BCUT2D eigenvalue weighted by atomic mass is 10.2. The second kappa shape index (κ2) is 28.8. The average molecular weight is 765 g/mol. The molecule has 0 heterocycles. The molecular formula is C38H56N2O14. The van der Waals surface area contributed by atoms with Gasteiger partial charge in [-0.1, -0.05) is 24.3 Å². The number of rotatable bonds is 31. The highest BCUT2D eigenvalue weighted by Crippen LogP contribution is 2.30. The summed E-state index contributed by atoms with van der Waals surface area (Å²) >= 11 is 0. The van der Waals surface area contributed by atoms with Gasteiger partial charge in [-0.2, -0.15) is 0 Å². The number of para-hydroxylation sites is 4. The summed E-state index contributed by atoms with van der Waals surface area (Å²) in [5, 5.41) is 0. The minimum atomic E-state index is -0.563. The maximum Gasteiger partial charge on any atom is 0.325 e. The normalized spacial score (nSPS) is 10.7. The Bertz CT molecular complexity index is 1210. The fourth-order valence-corrected chi connectivity index (χ4v) is 4.68. The zero-order valence-electron chi connectivity index (χ0n) is 32.0. The predicted molar refractivity (Wildman–Crippen MR) is 198 cm³/mol. The molecule has 302 valence electrons. The number of hydrogen-bond donors (Lipinski definition) is 0. The van der Waals surface area contributed by atoms with Gasteiger partial charge in [-0.3, -0.25) is 19.2 Å². The molecule has 2 aromatic carbocycles. The summed E-state index contributed by atoms with van der Waals surface area (Å²) in [5.74, 6) is -1.49. The first-order valence-electron chi connectivity index (χ1n) is 18.2. The van der Waals surface area contributed by atoms with Gasteiger partial charge in [-0.05, 0) is 52.0 Å². The molecule has 0 amide bonds. The summed E-state index contributed by atoms with van der Waals surface area (Å²) in [6.07, 6.45) is 0. The molecule has 0 unspecified atom stereocenters. The van der Waals surface area contributed by atoms with Crippen molar-refractivity contribution in [3.05, 3.63) is 48.5 Å². The Kier molecular flexibility index (Phi) is 24.3. The molecule has 0 aliphatic heterocycles. The van der Waals surface area contributed by atoms with Crippen LogP contribution in [-0.4, -0.2) is 143 Å². The van der Waals surface area contributed by atoms with Crippen molar-refractivity contribution in [2.75, 3.05) is 128 Å². The molecule has 2 rings (SSSR count). The maximum absolute atomic E-state index is 12.8. The summed E-state index contributed by atoms with van der Waals surface area (Å²) in [6, 6.07) is 13.8. The molecule has 2 aromatic rings. The van der Waals surface area contributed by atoms with Gasteiger partial charge in [0.25, 0.3) is 0 Å². The van der Waals surface area contributed by atoms with E-state index in [9.17, 15) is 19.2 Å². The Morgan fingerprint density at radius 3 is 0.963 bits per heavy atom. The molecular weight excluding hydrogens is 708 g/mol. The molecule has 16 nitrogen and oxygen atoms in total. The maximum atomic E-state index is 12.8. The average Bonchev–Trinajstić information content (AvgIpc) is 3.17. The molecule has 0 atom stereocenters. The van der Waals surface area contributed by atoms with E-state index in [1.54, 1.807) is 48.5 Å². The van der Waals surface area contributed by atoms with Crippen molar-refractivity contribution in [1.29, 1.82) is 0 Å². The number of anilines is 2. The Labute approximate surface area is 317 Å². The summed E-state index contributed by atoms with van der Waals surface area (Å²) in [6.45, 7) is 9.67. The molecule has 0 saturated carbocycles. The van der Waals surface area contributed by atoms with E-state index < -0.39 is 23.9 Å². The van der Waals surface area contributed by atoms with Gasteiger partial charge in [0.2, 0.25) is 0 Å². The molecule has 0 spiro atoms. The number of esters is 4. The Hall–Kier alpha value is -4.64. The number of hydrogen-bond acceptors (Lipinski definition) is 16. The number of carbonyl (C=O) groups is 4. The standard InChI is InChI=1S/C38H56N2O14/c1-5-45-17-21-51-35(41)27-39(28-36(42)52-22-18-46-6-2)31-13-9-11-15-33(31)49-25-26-50-34-16-12-10-14-32(34)40(29-37(43)53-23-19-47-7-3)30-38(44)54-24-20-48-8-4/h9-16H,5-8,17-30H2,1-4H3. The van der Waals surface area contributed by atoms with Gasteiger partial charge in [0.05, 0.1) is 37.8 Å². The van der Waals surface area contributed by atoms with Crippen LogP contribution in [0.5, 0.6) is 11.5 Å². The Morgan fingerprint density at radius 2 is 0.685 bits per heavy atom. The molecule has 0 aromatic heterocycles. The third kappa shape index (κ3) is 19.4. The van der Waals surface area contributed by atoms with Gasteiger partial charge >= 0.3 is 23.9 Å². The zero-order chi connectivity index (χ0) is 39.2. The lowest BCUT2D eigenvalue weighted by molar-refractivity contribution is -0.146. The molecule has 16 heteroatoms. The quantitative estimate of drug-likeness (QED) is 0.0624. The van der Waals surface area contributed by atoms with Gasteiger partial charge in [0.1, 0.15) is 77.3 Å². The van der Waals surface area contributed by atoms with Crippen molar-refractivity contribution in [1.82, 2.24) is 0 Å². The molecule has 0 saturated heterocycles. The first-order valence-corrected chi connectivity index (χ1v) is 18.2. The summed E-state index contributed by atoms with van der Waals surface area (Å²) in [7, 11) is 0. The SMILES string of the molecule is CCOCCOC(=O)CN(CC(=O)OCCOCC)c1ccccc1OCCOc1ccccc1N(CC(=O)OCCOCC)CC(=O)OCCOCC. The summed E-state index contributed by atoms with van der Waals surface area (Å²) < 4.78 is 54.4. The smallest absolute Gasteiger partial charge is 0.325 e. The van der Waals surface area contributed by atoms with Crippen molar-refractivity contribution in [3.8, 4) is 11.5 Å². The van der Waals surface area contributed by atoms with Gasteiger partial charge in [0.15, 0.2) is 0 Å². The van der Waals surface area contributed by atoms with E-state index in [1.165, 1.54) is 9.80 Å². The van der Waals surface area contributed by atoms with Crippen LogP contribution in [0, 0.1) is 0 Å². The second-order valence-electron chi connectivity index (χ2n) is 11.0. The van der Waals surface area contributed by atoms with Crippen LogP contribution in [0.2, 0.25) is 0 Å². The second-order valence-corrected chi connectivity index (χ2v) is 11.0. The minimum absolute atomic E-state index is 0.0513. The van der Waals surface area contributed by atoms with E-state index in [0.29, 0.717) is 49.3 Å². The van der Waals surface area contributed by atoms with Crippen molar-refractivity contribution in [3.63, 3.8) is 0 Å². The van der Waals surface area contributed by atoms with Crippen LogP contribution in [-0.2, 0) is 57.1 Å². The summed E-state index contributed by atoms with van der Waals surface area (Å²) in [4.78, 5) is 54.0. The Balaban J connectivity index is 2.16. The fourth-order valence-electron chi connectivity index (χ4n) is 4.68. The molecule has 0 aliphatic rings. The zero-order valence-corrected chi connectivity index (χ0v) is 32.0. The minimum Gasteiger partial charge on any atom is -0.488 e. The largest absolute Gasteiger partial charge is 0.488 e. The third-order valence-electron chi connectivity index (χ3n) is 7.07. The number of benzene rings is 2. The highest BCUT2D eigenvalue weighted by atomic mass is 16.6. The molecule has 0 fully saturated rings. The van der Waals surface area contributed by atoms with Crippen LogP contribution in [0.1, 0.15) is 27.7 Å². The first-order chi connectivity index (χ1) is 26.3. The fraction of sp³-hybridized carbons (Fsp3) is 0.579. The van der Waals surface area contributed by atoms with Crippen LogP contribution >= 0.6 is 0 Å². The van der Waals surface area contributed by atoms with Crippen molar-refractivity contribution in [2.24, 2.45) is 0 Å². The monoisotopic (exact) mass is 764 g/mol. The lowest BCUT2D eigenvalue weighted by Crippen LogP contribution is -2.37. The third-order valence-corrected chi connectivity index (χ3v) is 7.07. The number of nitrogens with zero attached hydrogens (tertiary/aromatic N) is 2. The summed E-state index contributed by atoms with van der Waals surface area (Å²) in [5.41, 5.74) is 0.913. The van der Waals surface area contributed by atoms with Gasteiger partial charge in [-0.25, -0.2) is 0 Å². The molecule has 0 bridgehead atoms. The van der Waals surface area contributed by atoms with Crippen LogP contribution in [0.25, 0.3) is 0 Å². The van der Waals surface area contributed by atoms with Gasteiger partial charge < -0.3 is 57.2 Å². The highest BCUT2D eigenvalue weighted by Gasteiger charge is 2.22. The molecule has 0 aliphatic carbocycles. The molecule has 54 heavy (non-hydrogen) atoms. The number of ether oxygens (including phenoxy) is 10. The van der Waals surface area contributed by atoms with E-state index in [0.717, 1.165) is 0 Å². The molecule has 0 radical (unpaired) electrons. The van der Waals surface area contributed by atoms with E-state index in [2.05, 4.69) is 0 Å². The van der Waals surface area contributed by atoms with Crippen LogP contribution < -0.4 is 19.3 Å². The van der Waals surface area contributed by atoms with Crippen LogP contribution in [0.15, 0.2) is 48.5 Å². The van der Waals surface area contributed by atoms with E-state index in [-0.39, 0.29) is 92.2 Å². The first kappa shape index (κ1) is 45.5. The lowest BCUT2D eigenvalue weighted by Gasteiger charge is -2.26. The van der Waals surface area contributed by atoms with E-state index in [4.69, 9.17) is 47.4 Å².